The maximum absolute atomic E-state index is 3.85. The van der Waals surface area contributed by atoms with Gasteiger partial charge in [-0.25, -0.2) is 0 Å². The quantitative estimate of drug-likeness (QED) is 0.373. The third-order valence-electron chi connectivity index (χ3n) is 0.516. The molecule has 0 saturated heterocycles. The predicted octanol–water partition coefficient (Wildman–Crippen LogP) is 1.13. The van der Waals surface area contributed by atoms with Crippen LogP contribution in [0.1, 0.15) is 13.3 Å². The van der Waals surface area contributed by atoms with Crippen LogP contribution in [0.15, 0.2) is 9.98 Å². The van der Waals surface area contributed by atoms with Crippen molar-refractivity contribution in [2.75, 3.05) is 6.54 Å². The lowest BCUT2D eigenvalue weighted by Gasteiger charge is -1.78. The molecule has 0 spiro atoms. The maximum atomic E-state index is 3.85. The van der Waals surface area contributed by atoms with Gasteiger partial charge in [0.15, 0.2) is 0 Å². The zero-order valence-electron chi connectivity index (χ0n) is 4.59. The van der Waals surface area contributed by atoms with E-state index in [0.29, 0.717) is 0 Å². The highest BCUT2D eigenvalue weighted by Crippen LogP contribution is 1.73. The molecular formula is C5H10N2. The topological polar surface area (TPSA) is 24.7 Å². The van der Waals surface area contributed by atoms with Crippen molar-refractivity contribution in [1.82, 2.24) is 0 Å². The summed E-state index contributed by atoms with van der Waals surface area (Å²) in [5, 5.41) is 0. The monoisotopic (exact) mass is 98.1 g/mol. The Morgan fingerprint density at radius 2 is 2.43 bits per heavy atom. The summed E-state index contributed by atoms with van der Waals surface area (Å²) in [5.74, 6) is 0. The van der Waals surface area contributed by atoms with Crippen LogP contribution in [0.3, 0.4) is 0 Å². The molecule has 0 aromatic rings. The highest BCUT2D eigenvalue weighted by molar-refractivity contribution is 5.61. The van der Waals surface area contributed by atoms with E-state index < -0.39 is 0 Å². The molecule has 0 fully saturated rings. The molecule has 0 aliphatic rings. The Morgan fingerprint density at radius 1 is 1.71 bits per heavy atom. The first-order valence-corrected chi connectivity index (χ1v) is 2.36. The first-order valence-electron chi connectivity index (χ1n) is 2.36. The molecule has 0 rings (SSSR count). The SMILES string of the molecule is C=NC=NCCC. The predicted molar refractivity (Wildman–Crippen MR) is 33.2 cm³/mol. The minimum absolute atomic E-state index is 0.860. The van der Waals surface area contributed by atoms with Gasteiger partial charge in [-0.15, -0.1) is 0 Å². The zero-order valence-corrected chi connectivity index (χ0v) is 4.59. The summed E-state index contributed by atoms with van der Waals surface area (Å²) in [7, 11) is 0. The van der Waals surface area contributed by atoms with Crippen molar-refractivity contribution in [2.45, 2.75) is 13.3 Å². The molecule has 0 unspecified atom stereocenters. The number of rotatable bonds is 3. The molecule has 0 atom stereocenters. The molecule has 2 nitrogen and oxygen atoms in total. The summed E-state index contributed by atoms with van der Waals surface area (Å²) >= 11 is 0. The van der Waals surface area contributed by atoms with Crippen LogP contribution in [0, 0.1) is 0 Å². The second-order valence-electron chi connectivity index (χ2n) is 1.20. The van der Waals surface area contributed by atoms with Gasteiger partial charge in [0.2, 0.25) is 0 Å². The molecule has 40 valence electrons. The molecule has 0 saturated carbocycles. The van der Waals surface area contributed by atoms with Gasteiger partial charge in [0, 0.05) is 6.54 Å². The van der Waals surface area contributed by atoms with E-state index in [4.69, 9.17) is 0 Å². The fraction of sp³-hybridized carbons (Fsp3) is 0.600. The first kappa shape index (κ1) is 6.34. The van der Waals surface area contributed by atoms with Crippen LogP contribution in [-0.2, 0) is 0 Å². The van der Waals surface area contributed by atoms with Crippen LogP contribution in [0.5, 0.6) is 0 Å². The Kier molecular flexibility index (Phi) is 4.84. The van der Waals surface area contributed by atoms with Gasteiger partial charge in [-0.05, 0) is 13.1 Å². The molecule has 2 heteroatoms. The minimum atomic E-state index is 0.860. The third kappa shape index (κ3) is 5.34. The van der Waals surface area contributed by atoms with Gasteiger partial charge in [0.25, 0.3) is 0 Å². The molecule has 0 amide bonds. The van der Waals surface area contributed by atoms with Crippen LogP contribution in [0.2, 0.25) is 0 Å². The second kappa shape index (κ2) is 5.34. The van der Waals surface area contributed by atoms with E-state index in [1.165, 1.54) is 6.34 Å². The third-order valence-corrected chi connectivity index (χ3v) is 0.516. The van der Waals surface area contributed by atoms with Crippen LogP contribution in [0.4, 0.5) is 0 Å². The Hall–Kier alpha value is -0.660. The van der Waals surface area contributed by atoms with Crippen LogP contribution >= 0.6 is 0 Å². The largest absolute Gasteiger partial charge is 0.274 e. The Morgan fingerprint density at radius 3 is 2.86 bits per heavy atom. The van der Waals surface area contributed by atoms with E-state index >= 15 is 0 Å². The number of hydrogen-bond acceptors (Lipinski definition) is 1. The van der Waals surface area contributed by atoms with Gasteiger partial charge in [-0.2, -0.15) is 0 Å². The van der Waals surface area contributed by atoms with Crippen LogP contribution in [-0.4, -0.2) is 19.6 Å². The molecule has 0 radical (unpaired) electrons. The fourth-order valence-electron chi connectivity index (χ4n) is 0.245. The van der Waals surface area contributed by atoms with Gasteiger partial charge in [-0.1, -0.05) is 6.92 Å². The van der Waals surface area contributed by atoms with Crippen molar-refractivity contribution >= 4 is 13.1 Å². The molecular weight excluding hydrogens is 88.1 g/mol. The minimum Gasteiger partial charge on any atom is -0.274 e. The molecule has 0 aliphatic heterocycles. The lowest BCUT2D eigenvalue weighted by molar-refractivity contribution is 0.935. The van der Waals surface area contributed by atoms with Gasteiger partial charge in [0.05, 0.1) is 0 Å². The first-order chi connectivity index (χ1) is 3.41. The van der Waals surface area contributed by atoms with Gasteiger partial charge in [-0.3, -0.25) is 9.98 Å². The summed E-state index contributed by atoms with van der Waals surface area (Å²) in [6.45, 7) is 6.16. The average Bonchev–Trinajstić information content (AvgIpc) is 1.69. The molecule has 0 aromatic heterocycles. The fourth-order valence-corrected chi connectivity index (χ4v) is 0.245. The van der Waals surface area contributed by atoms with Crippen LogP contribution in [0.25, 0.3) is 0 Å². The summed E-state index contributed by atoms with van der Waals surface area (Å²) in [5.41, 5.74) is 0. The molecule has 0 N–H and O–H groups in total. The molecule has 0 bridgehead atoms. The lowest BCUT2D eigenvalue weighted by Crippen LogP contribution is -1.73. The smallest absolute Gasteiger partial charge is 0.109 e. The maximum Gasteiger partial charge on any atom is 0.109 e. The number of nitrogens with zero attached hydrogens (tertiary/aromatic N) is 2. The number of hydrogen-bond donors (Lipinski definition) is 0. The normalized spacial score (nSPS) is 9.86. The van der Waals surface area contributed by atoms with Crippen molar-refractivity contribution in [3.05, 3.63) is 0 Å². The van der Waals surface area contributed by atoms with E-state index in [0.717, 1.165) is 13.0 Å². The van der Waals surface area contributed by atoms with Gasteiger partial charge < -0.3 is 0 Å². The second-order valence-corrected chi connectivity index (χ2v) is 1.20. The van der Waals surface area contributed by atoms with Crippen LogP contribution < -0.4 is 0 Å². The average molecular weight is 98.1 g/mol. The van der Waals surface area contributed by atoms with E-state index in [1.807, 2.05) is 0 Å². The highest BCUT2D eigenvalue weighted by atomic mass is 14.8. The molecule has 0 aliphatic carbocycles. The molecule has 0 heterocycles. The Bertz CT molecular complexity index is 66.5. The van der Waals surface area contributed by atoms with Gasteiger partial charge in [0.1, 0.15) is 6.34 Å². The summed E-state index contributed by atoms with van der Waals surface area (Å²) in [6, 6.07) is 0. The van der Waals surface area contributed by atoms with Gasteiger partial charge >= 0.3 is 0 Å². The van der Waals surface area contributed by atoms with E-state index in [1.54, 1.807) is 0 Å². The Balaban J connectivity index is 2.92. The van der Waals surface area contributed by atoms with Crippen molar-refractivity contribution in [3.63, 3.8) is 0 Å². The standard InChI is InChI=1S/C5H10N2/c1-3-4-7-5-6-2/h5H,2-4H2,1H3. The van der Waals surface area contributed by atoms with E-state index in [-0.39, 0.29) is 0 Å². The Labute approximate surface area is 44.0 Å². The summed E-state index contributed by atoms with van der Waals surface area (Å²) in [4.78, 5) is 7.29. The van der Waals surface area contributed by atoms with E-state index in [9.17, 15) is 0 Å². The van der Waals surface area contributed by atoms with Crippen molar-refractivity contribution in [2.24, 2.45) is 9.98 Å². The molecule has 0 aromatic carbocycles. The van der Waals surface area contributed by atoms with Crippen molar-refractivity contribution in [1.29, 1.82) is 0 Å². The molecule has 7 heavy (non-hydrogen) atoms. The van der Waals surface area contributed by atoms with Crippen molar-refractivity contribution in [3.8, 4) is 0 Å². The summed E-state index contributed by atoms with van der Waals surface area (Å²) in [6.07, 6.45) is 2.55. The summed E-state index contributed by atoms with van der Waals surface area (Å²) < 4.78 is 0. The lowest BCUT2D eigenvalue weighted by atomic mass is 10.5. The van der Waals surface area contributed by atoms with E-state index in [2.05, 4.69) is 23.6 Å². The number of aliphatic imine (C=N–C) groups is 2. The highest BCUT2D eigenvalue weighted by Gasteiger charge is 1.66. The van der Waals surface area contributed by atoms with Crippen molar-refractivity contribution < 1.29 is 0 Å². The zero-order chi connectivity index (χ0) is 5.54.